The molecule has 6 heteroatoms. The van der Waals surface area contributed by atoms with Crippen molar-refractivity contribution in [1.82, 2.24) is 0 Å². The lowest BCUT2D eigenvalue weighted by atomic mass is 10.1. The number of nitrogens with one attached hydrogen (secondary N) is 1. The van der Waals surface area contributed by atoms with Gasteiger partial charge in [0.05, 0.1) is 5.56 Å². The van der Waals surface area contributed by atoms with Gasteiger partial charge in [-0.3, -0.25) is 4.79 Å². The summed E-state index contributed by atoms with van der Waals surface area (Å²) >= 11 is 3.33. The van der Waals surface area contributed by atoms with Crippen LogP contribution >= 0.6 is 15.9 Å². The third-order valence-corrected chi connectivity index (χ3v) is 3.62. The van der Waals surface area contributed by atoms with Crippen LogP contribution in [0.2, 0.25) is 0 Å². The minimum absolute atomic E-state index is 0.357. The summed E-state index contributed by atoms with van der Waals surface area (Å²) in [6, 6.07) is 9.01. The van der Waals surface area contributed by atoms with Crippen LogP contribution < -0.4 is 14.8 Å². The number of halogens is 2. The van der Waals surface area contributed by atoms with Crippen LogP contribution in [0.15, 0.2) is 40.9 Å². The third kappa shape index (κ3) is 3.00. The summed E-state index contributed by atoms with van der Waals surface area (Å²) < 4.78 is 24.6. The predicted octanol–water partition coefficient (Wildman–Crippen LogP) is 3.61. The molecule has 2 aromatic carbocycles. The second-order valence-corrected chi connectivity index (χ2v) is 5.29. The standard InChI is InChI=1S/C15H11BrFNO3/c16-12-8-14-13(20-4-5-21-14)7-11(12)15(19)18-10-3-1-2-9(17)6-10/h1-3,6-8H,4-5H2,(H,18,19). The maximum Gasteiger partial charge on any atom is 0.256 e. The average Bonchev–Trinajstić information content (AvgIpc) is 2.46. The molecule has 3 rings (SSSR count). The molecule has 0 atom stereocenters. The predicted molar refractivity (Wildman–Crippen MR) is 79.5 cm³/mol. The van der Waals surface area contributed by atoms with Crippen LogP contribution in [-0.4, -0.2) is 19.1 Å². The van der Waals surface area contributed by atoms with E-state index in [1.807, 2.05) is 0 Å². The summed E-state index contributed by atoms with van der Waals surface area (Å²) in [6.45, 7) is 0.924. The van der Waals surface area contributed by atoms with E-state index < -0.39 is 5.82 Å². The summed E-state index contributed by atoms with van der Waals surface area (Å²) in [7, 11) is 0. The highest BCUT2D eigenvalue weighted by Gasteiger charge is 2.18. The minimum Gasteiger partial charge on any atom is -0.486 e. The topological polar surface area (TPSA) is 47.6 Å². The summed E-state index contributed by atoms with van der Waals surface area (Å²) in [5.74, 6) is 0.350. The Bertz CT molecular complexity index is 705. The van der Waals surface area contributed by atoms with Crippen LogP contribution in [0.1, 0.15) is 10.4 Å². The van der Waals surface area contributed by atoms with E-state index in [2.05, 4.69) is 21.2 Å². The molecule has 0 saturated heterocycles. The van der Waals surface area contributed by atoms with E-state index in [0.29, 0.717) is 40.4 Å². The molecule has 1 heterocycles. The molecule has 2 aromatic rings. The van der Waals surface area contributed by atoms with Gasteiger partial charge in [-0.25, -0.2) is 4.39 Å². The van der Waals surface area contributed by atoms with Gasteiger partial charge in [0.1, 0.15) is 19.0 Å². The highest BCUT2D eigenvalue weighted by molar-refractivity contribution is 9.10. The molecule has 0 bridgehead atoms. The highest BCUT2D eigenvalue weighted by atomic mass is 79.9. The SMILES string of the molecule is O=C(Nc1cccc(F)c1)c1cc2c(cc1Br)OCCO2. The molecular weight excluding hydrogens is 341 g/mol. The van der Waals surface area contributed by atoms with Crippen molar-refractivity contribution in [3.05, 3.63) is 52.3 Å². The largest absolute Gasteiger partial charge is 0.486 e. The first-order chi connectivity index (χ1) is 10.1. The Morgan fingerprint density at radius 3 is 2.57 bits per heavy atom. The number of ether oxygens (including phenoxy) is 2. The van der Waals surface area contributed by atoms with Gasteiger partial charge in [-0.05, 0) is 46.3 Å². The second-order valence-electron chi connectivity index (χ2n) is 4.44. The monoisotopic (exact) mass is 351 g/mol. The van der Waals surface area contributed by atoms with Crippen molar-refractivity contribution < 1.29 is 18.7 Å². The molecule has 0 fully saturated rings. The molecule has 108 valence electrons. The van der Waals surface area contributed by atoms with Crippen molar-refractivity contribution in [1.29, 1.82) is 0 Å². The van der Waals surface area contributed by atoms with E-state index in [1.54, 1.807) is 18.2 Å². The maximum absolute atomic E-state index is 13.1. The Morgan fingerprint density at radius 1 is 1.14 bits per heavy atom. The van der Waals surface area contributed by atoms with Gasteiger partial charge in [0.25, 0.3) is 5.91 Å². The fraction of sp³-hybridized carbons (Fsp3) is 0.133. The van der Waals surface area contributed by atoms with Crippen molar-refractivity contribution in [2.45, 2.75) is 0 Å². The lowest BCUT2D eigenvalue weighted by molar-refractivity contribution is 0.102. The number of amides is 1. The first-order valence-corrected chi connectivity index (χ1v) is 7.09. The molecule has 1 amide bonds. The van der Waals surface area contributed by atoms with Gasteiger partial charge in [-0.1, -0.05) is 6.07 Å². The molecule has 1 N–H and O–H groups in total. The summed E-state index contributed by atoms with van der Waals surface area (Å²) in [4.78, 5) is 12.3. The van der Waals surface area contributed by atoms with Gasteiger partial charge >= 0.3 is 0 Å². The lowest BCUT2D eigenvalue weighted by Crippen LogP contribution is -2.17. The zero-order valence-corrected chi connectivity index (χ0v) is 12.4. The van der Waals surface area contributed by atoms with Gasteiger partial charge < -0.3 is 14.8 Å². The molecule has 0 saturated carbocycles. The number of carbonyl (C=O) groups excluding carboxylic acids is 1. The van der Waals surface area contributed by atoms with Crippen LogP contribution in [0.4, 0.5) is 10.1 Å². The molecule has 4 nitrogen and oxygen atoms in total. The number of rotatable bonds is 2. The molecule has 0 unspecified atom stereocenters. The van der Waals surface area contributed by atoms with Gasteiger partial charge in [0, 0.05) is 10.2 Å². The fourth-order valence-corrected chi connectivity index (χ4v) is 2.51. The van der Waals surface area contributed by atoms with Crippen LogP contribution in [0.5, 0.6) is 11.5 Å². The van der Waals surface area contributed by atoms with Gasteiger partial charge in [0.15, 0.2) is 11.5 Å². The number of fused-ring (bicyclic) bond motifs is 1. The van der Waals surface area contributed by atoms with Crippen molar-refractivity contribution in [2.75, 3.05) is 18.5 Å². The zero-order valence-electron chi connectivity index (χ0n) is 10.9. The van der Waals surface area contributed by atoms with Gasteiger partial charge in [-0.15, -0.1) is 0 Å². The lowest BCUT2D eigenvalue weighted by Gasteiger charge is -2.19. The Hall–Kier alpha value is -2.08. The van der Waals surface area contributed by atoms with Crippen LogP contribution in [0.25, 0.3) is 0 Å². The summed E-state index contributed by atoms with van der Waals surface area (Å²) in [5, 5.41) is 2.64. The van der Waals surface area contributed by atoms with E-state index in [4.69, 9.17) is 9.47 Å². The normalized spacial score (nSPS) is 12.9. The van der Waals surface area contributed by atoms with Crippen LogP contribution in [0.3, 0.4) is 0 Å². The Labute approximate surface area is 129 Å². The van der Waals surface area contributed by atoms with Gasteiger partial charge in [0.2, 0.25) is 0 Å². The highest BCUT2D eigenvalue weighted by Crippen LogP contribution is 2.35. The van der Waals surface area contributed by atoms with E-state index in [0.717, 1.165) is 0 Å². The fourth-order valence-electron chi connectivity index (χ4n) is 2.00. The number of carbonyl (C=O) groups is 1. The summed E-state index contributed by atoms with van der Waals surface area (Å²) in [6.07, 6.45) is 0. The first kappa shape index (κ1) is 13.9. The first-order valence-electron chi connectivity index (χ1n) is 6.29. The van der Waals surface area contributed by atoms with E-state index in [1.165, 1.54) is 18.2 Å². The third-order valence-electron chi connectivity index (χ3n) is 2.96. The molecule has 0 radical (unpaired) electrons. The number of benzene rings is 2. The Kier molecular flexibility index (Phi) is 3.79. The van der Waals surface area contributed by atoms with Crippen molar-refractivity contribution in [2.24, 2.45) is 0 Å². The number of hydrogen-bond acceptors (Lipinski definition) is 3. The van der Waals surface area contributed by atoms with Crippen molar-refractivity contribution in [3.63, 3.8) is 0 Å². The number of anilines is 1. The van der Waals surface area contributed by atoms with E-state index >= 15 is 0 Å². The molecule has 1 aliphatic heterocycles. The number of hydrogen-bond donors (Lipinski definition) is 1. The van der Waals surface area contributed by atoms with E-state index in [9.17, 15) is 9.18 Å². The van der Waals surface area contributed by atoms with Gasteiger partial charge in [-0.2, -0.15) is 0 Å². The smallest absolute Gasteiger partial charge is 0.256 e. The Morgan fingerprint density at radius 2 is 1.86 bits per heavy atom. The molecule has 0 aromatic heterocycles. The molecular formula is C15H11BrFNO3. The van der Waals surface area contributed by atoms with Crippen molar-refractivity contribution >= 4 is 27.5 Å². The second kappa shape index (κ2) is 5.73. The van der Waals surface area contributed by atoms with Crippen LogP contribution in [-0.2, 0) is 0 Å². The van der Waals surface area contributed by atoms with Crippen molar-refractivity contribution in [3.8, 4) is 11.5 Å². The zero-order chi connectivity index (χ0) is 14.8. The quantitative estimate of drug-likeness (QED) is 0.898. The molecule has 0 spiro atoms. The summed E-state index contributed by atoms with van der Waals surface area (Å²) in [5.41, 5.74) is 0.783. The minimum atomic E-state index is -0.408. The van der Waals surface area contributed by atoms with Crippen LogP contribution in [0, 0.1) is 5.82 Å². The average molecular weight is 352 g/mol. The maximum atomic E-state index is 13.1. The Balaban J connectivity index is 1.87. The molecule has 1 aliphatic rings. The molecule has 21 heavy (non-hydrogen) atoms. The molecule has 0 aliphatic carbocycles. The van der Waals surface area contributed by atoms with E-state index in [-0.39, 0.29) is 5.91 Å².